The summed E-state index contributed by atoms with van der Waals surface area (Å²) in [7, 11) is 0. The van der Waals surface area contributed by atoms with Gasteiger partial charge in [0.15, 0.2) is 0 Å². The van der Waals surface area contributed by atoms with Crippen molar-refractivity contribution in [1.29, 1.82) is 0 Å². The summed E-state index contributed by atoms with van der Waals surface area (Å²) < 4.78 is 38.0. The summed E-state index contributed by atoms with van der Waals surface area (Å²) in [6, 6.07) is 1.22. The molecule has 0 aromatic carbocycles. The van der Waals surface area contributed by atoms with Crippen LogP contribution in [-0.4, -0.2) is 16.5 Å². The zero-order valence-corrected chi connectivity index (χ0v) is 9.76. The highest BCUT2D eigenvalue weighted by atomic mass is 19.4. The Hall–Kier alpha value is -1.26. The monoisotopic (exact) mass is 247 g/mol. The second kappa shape index (κ2) is 5.89. The van der Waals surface area contributed by atoms with Crippen LogP contribution in [0.3, 0.4) is 0 Å². The van der Waals surface area contributed by atoms with E-state index >= 15 is 0 Å². The fraction of sp³-hybridized carbons (Fsp3) is 0.583. The van der Waals surface area contributed by atoms with Gasteiger partial charge in [0.1, 0.15) is 0 Å². The van der Waals surface area contributed by atoms with Crippen LogP contribution in [0, 0.1) is 0 Å². The number of carbonyl (C=O) groups is 1. The van der Waals surface area contributed by atoms with E-state index in [1.165, 1.54) is 18.5 Å². The molecule has 17 heavy (non-hydrogen) atoms. The Morgan fingerprint density at radius 2 is 2.00 bits per heavy atom. The van der Waals surface area contributed by atoms with E-state index in [-0.39, 0.29) is 5.56 Å². The molecule has 0 unspecified atom stereocenters. The minimum absolute atomic E-state index is 0.284. The summed E-state index contributed by atoms with van der Waals surface area (Å²) >= 11 is 0. The molecule has 2 nitrogen and oxygen atoms in total. The van der Waals surface area contributed by atoms with E-state index < -0.39 is 12.0 Å². The lowest BCUT2D eigenvalue weighted by molar-refractivity contribution is -0.0885. The van der Waals surface area contributed by atoms with Gasteiger partial charge in [-0.15, -0.1) is 0 Å². The zero-order chi connectivity index (χ0) is 12.9. The van der Waals surface area contributed by atoms with Gasteiger partial charge in [-0.1, -0.05) is 26.2 Å². The number of alkyl halides is 3. The average molecular weight is 247 g/mol. The van der Waals surface area contributed by atoms with Gasteiger partial charge in [0.2, 0.25) is 0 Å². The Labute approximate surface area is 98.4 Å². The largest absolute Gasteiger partial charge is 0.454 e. The summed E-state index contributed by atoms with van der Waals surface area (Å²) in [4.78, 5) is 10.9. The van der Waals surface area contributed by atoms with Crippen molar-refractivity contribution in [2.24, 2.45) is 0 Å². The maximum atomic E-state index is 12.1. The lowest BCUT2D eigenvalue weighted by atomic mass is 10.2. The lowest BCUT2D eigenvalue weighted by Crippen LogP contribution is -2.22. The first-order valence-corrected chi connectivity index (χ1v) is 5.72. The predicted molar refractivity (Wildman–Crippen MR) is 59.0 cm³/mol. The van der Waals surface area contributed by atoms with Crippen molar-refractivity contribution in [3.63, 3.8) is 0 Å². The molecule has 0 spiro atoms. The number of Topliss-reactive ketones (excluding diaryl/α,β-unsaturated/α-hetero) is 1. The number of hydrogen-bond donors (Lipinski definition) is 0. The number of aryl methyl sites for hydroxylation is 1. The smallest absolute Gasteiger partial charge is 0.354 e. The lowest BCUT2D eigenvalue weighted by Gasteiger charge is -2.03. The van der Waals surface area contributed by atoms with E-state index in [1.807, 2.05) is 0 Å². The standard InChI is InChI=1S/C12H16F3NO/c1-2-3-4-5-7-16-8-6-10(9-16)11(17)12(13,14)15/h6,8-9H,2-5,7H2,1H3. The molecule has 0 saturated heterocycles. The fourth-order valence-corrected chi connectivity index (χ4v) is 1.60. The molecule has 0 aliphatic rings. The van der Waals surface area contributed by atoms with Crippen LogP contribution in [0.15, 0.2) is 18.5 Å². The molecule has 96 valence electrons. The van der Waals surface area contributed by atoms with Crippen LogP contribution < -0.4 is 0 Å². The molecular formula is C12H16F3NO. The van der Waals surface area contributed by atoms with Crippen molar-refractivity contribution in [3.8, 4) is 0 Å². The number of nitrogens with zero attached hydrogens (tertiary/aromatic N) is 1. The van der Waals surface area contributed by atoms with Crippen LogP contribution in [-0.2, 0) is 6.54 Å². The molecule has 0 aliphatic heterocycles. The number of halogens is 3. The summed E-state index contributed by atoms with van der Waals surface area (Å²) in [5.74, 6) is -1.77. The summed E-state index contributed by atoms with van der Waals surface area (Å²) in [6.07, 6.45) is 2.21. The molecular weight excluding hydrogens is 231 g/mol. The molecule has 1 aromatic heterocycles. The minimum Gasteiger partial charge on any atom is -0.354 e. The van der Waals surface area contributed by atoms with Crippen molar-refractivity contribution in [3.05, 3.63) is 24.0 Å². The first kappa shape index (κ1) is 13.8. The quantitative estimate of drug-likeness (QED) is 0.553. The van der Waals surface area contributed by atoms with Crippen molar-refractivity contribution >= 4 is 5.78 Å². The third kappa shape index (κ3) is 4.24. The first-order chi connectivity index (χ1) is 7.95. The van der Waals surface area contributed by atoms with E-state index in [0.29, 0.717) is 6.54 Å². The van der Waals surface area contributed by atoms with Crippen LogP contribution in [0.25, 0.3) is 0 Å². The fourth-order valence-electron chi connectivity index (χ4n) is 1.60. The van der Waals surface area contributed by atoms with Crippen LogP contribution in [0.5, 0.6) is 0 Å². The van der Waals surface area contributed by atoms with Gasteiger partial charge in [-0.3, -0.25) is 4.79 Å². The normalized spacial score (nSPS) is 11.8. The van der Waals surface area contributed by atoms with E-state index in [1.54, 1.807) is 4.57 Å². The molecule has 0 N–H and O–H groups in total. The van der Waals surface area contributed by atoms with E-state index in [0.717, 1.165) is 25.7 Å². The van der Waals surface area contributed by atoms with Gasteiger partial charge in [0, 0.05) is 24.5 Å². The van der Waals surface area contributed by atoms with E-state index in [2.05, 4.69) is 6.92 Å². The maximum Gasteiger partial charge on any atom is 0.454 e. The maximum absolute atomic E-state index is 12.1. The zero-order valence-electron chi connectivity index (χ0n) is 9.76. The minimum atomic E-state index is -4.78. The Morgan fingerprint density at radius 3 is 2.59 bits per heavy atom. The van der Waals surface area contributed by atoms with Crippen molar-refractivity contribution < 1.29 is 18.0 Å². The highest BCUT2D eigenvalue weighted by molar-refractivity contribution is 6.00. The summed E-state index contributed by atoms with van der Waals surface area (Å²) in [5, 5.41) is 0. The number of hydrogen-bond acceptors (Lipinski definition) is 1. The van der Waals surface area contributed by atoms with Gasteiger partial charge in [-0.05, 0) is 12.5 Å². The SMILES string of the molecule is CCCCCCn1ccc(C(=O)C(F)(F)F)c1. The Kier molecular flexibility index (Phi) is 4.78. The molecule has 0 bridgehead atoms. The van der Waals surface area contributed by atoms with Gasteiger partial charge in [-0.2, -0.15) is 13.2 Å². The van der Waals surface area contributed by atoms with Gasteiger partial charge >= 0.3 is 6.18 Å². The molecule has 0 fully saturated rings. The highest BCUT2D eigenvalue weighted by Crippen LogP contribution is 2.21. The molecule has 1 heterocycles. The third-order valence-corrected chi connectivity index (χ3v) is 2.54. The topological polar surface area (TPSA) is 22.0 Å². The number of carbonyl (C=O) groups excluding carboxylic acids is 1. The van der Waals surface area contributed by atoms with Crippen molar-refractivity contribution in [2.75, 3.05) is 0 Å². The van der Waals surface area contributed by atoms with Gasteiger partial charge in [-0.25, -0.2) is 0 Å². The van der Waals surface area contributed by atoms with Gasteiger partial charge in [0.25, 0.3) is 5.78 Å². The van der Waals surface area contributed by atoms with Crippen LogP contribution >= 0.6 is 0 Å². The van der Waals surface area contributed by atoms with Crippen LogP contribution in [0.4, 0.5) is 13.2 Å². The number of ketones is 1. The van der Waals surface area contributed by atoms with Gasteiger partial charge in [0.05, 0.1) is 0 Å². The van der Waals surface area contributed by atoms with E-state index in [4.69, 9.17) is 0 Å². The molecule has 0 aliphatic carbocycles. The molecule has 1 aromatic rings. The Bertz CT molecular complexity index is 368. The molecule has 1 rings (SSSR count). The molecule has 0 amide bonds. The van der Waals surface area contributed by atoms with Gasteiger partial charge < -0.3 is 4.57 Å². The second-order valence-corrected chi connectivity index (χ2v) is 4.03. The Balaban J connectivity index is 2.51. The van der Waals surface area contributed by atoms with Crippen LogP contribution in [0.1, 0.15) is 43.0 Å². The highest BCUT2D eigenvalue weighted by Gasteiger charge is 2.39. The van der Waals surface area contributed by atoms with Crippen LogP contribution in [0.2, 0.25) is 0 Å². The Morgan fingerprint density at radius 1 is 1.29 bits per heavy atom. The second-order valence-electron chi connectivity index (χ2n) is 4.03. The average Bonchev–Trinajstić information content (AvgIpc) is 2.70. The molecule has 0 atom stereocenters. The van der Waals surface area contributed by atoms with E-state index in [9.17, 15) is 18.0 Å². The van der Waals surface area contributed by atoms with Crippen molar-refractivity contribution in [2.45, 2.75) is 45.3 Å². The molecule has 5 heteroatoms. The number of rotatable bonds is 6. The summed E-state index contributed by atoms with van der Waals surface area (Å²) in [5.41, 5.74) is -0.284. The molecule has 0 radical (unpaired) electrons. The predicted octanol–water partition coefficient (Wildman–Crippen LogP) is 3.81. The van der Waals surface area contributed by atoms with Crippen molar-refractivity contribution in [1.82, 2.24) is 4.57 Å². The number of aromatic nitrogens is 1. The summed E-state index contributed by atoms with van der Waals surface area (Å²) in [6.45, 7) is 2.75. The molecule has 0 saturated carbocycles. The third-order valence-electron chi connectivity index (χ3n) is 2.54. The first-order valence-electron chi connectivity index (χ1n) is 5.72. The number of unbranched alkanes of at least 4 members (excludes halogenated alkanes) is 3.